The molecular formula is C29H36N7O3P. The van der Waals surface area contributed by atoms with Crippen molar-refractivity contribution in [2.45, 2.75) is 38.8 Å². The van der Waals surface area contributed by atoms with Crippen LogP contribution in [0.1, 0.15) is 37.0 Å². The minimum atomic E-state index is -2.53. The van der Waals surface area contributed by atoms with Gasteiger partial charge in [-0.15, -0.1) is 0 Å². The first-order valence-electron chi connectivity index (χ1n) is 13.5. The maximum atomic E-state index is 13.0. The van der Waals surface area contributed by atoms with Crippen LogP contribution in [-0.4, -0.2) is 59.4 Å². The Kier molecular flexibility index (Phi) is 8.09. The number of amides is 1. The van der Waals surface area contributed by atoms with Crippen LogP contribution in [0.2, 0.25) is 0 Å². The Hall–Kier alpha value is -3.88. The van der Waals surface area contributed by atoms with Gasteiger partial charge in [-0.2, -0.15) is 9.97 Å². The van der Waals surface area contributed by atoms with Crippen molar-refractivity contribution >= 4 is 52.5 Å². The number of rotatable bonds is 9. The van der Waals surface area contributed by atoms with Gasteiger partial charge in [0.1, 0.15) is 24.4 Å². The summed E-state index contributed by atoms with van der Waals surface area (Å²) in [4.78, 5) is 25.5. The van der Waals surface area contributed by atoms with Crippen molar-refractivity contribution in [3.8, 4) is 5.75 Å². The SMILES string of the molecule is CC(C)Oc1cc(C(=O)NC2CCNCC2)ccc1Nc1nc(Nc2ccccc2P(C)(C)=O)c2cc[nH]c2n1. The number of fused-ring (bicyclic) bond motifs is 1. The van der Waals surface area contributed by atoms with Gasteiger partial charge in [0.05, 0.1) is 22.9 Å². The van der Waals surface area contributed by atoms with Crippen molar-refractivity contribution in [2.24, 2.45) is 0 Å². The molecule has 3 heterocycles. The lowest BCUT2D eigenvalue weighted by Crippen LogP contribution is -2.42. The second-order valence-corrected chi connectivity index (χ2v) is 13.8. The average Bonchev–Trinajstić information content (AvgIpc) is 3.39. The highest BCUT2D eigenvalue weighted by Gasteiger charge is 2.20. The molecule has 210 valence electrons. The summed E-state index contributed by atoms with van der Waals surface area (Å²) in [6.45, 7) is 9.18. The molecule has 0 atom stereocenters. The molecule has 2 aromatic carbocycles. The van der Waals surface area contributed by atoms with Crippen molar-refractivity contribution in [1.29, 1.82) is 0 Å². The number of nitrogens with one attached hydrogen (secondary N) is 5. The number of piperidine rings is 1. The minimum Gasteiger partial charge on any atom is -0.489 e. The number of benzene rings is 2. The maximum absolute atomic E-state index is 13.0. The van der Waals surface area contributed by atoms with Crippen molar-refractivity contribution in [3.05, 3.63) is 60.3 Å². The standard InChI is InChI=1S/C29H36N7O3P/c1-18(2)39-24-17-19(28(37)32-20-11-14-30-15-12-20)9-10-22(24)34-29-35-26-21(13-16-31-26)27(36-29)33-23-7-5-6-8-25(23)40(3,4)38/h5-10,13,16-18,20,30H,11-12,14-15H2,1-4H3,(H,32,37)(H3,31,33,34,35,36). The predicted molar refractivity (Wildman–Crippen MR) is 162 cm³/mol. The summed E-state index contributed by atoms with van der Waals surface area (Å²) in [5.41, 5.74) is 2.54. The third kappa shape index (κ3) is 6.46. The molecular weight excluding hydrogens is 525 g/mol. The van der Waals surface area contributed by atoms with E-state index in [0.717, 1.165) is 42.3 Å². The maximum Gasteiger partial charge on any atom is 0.251 e. The van der Waals surface area contributed by atoms with Gasteiger partial charge in [0.25, 0.3) is 5.91 Å². The monoisotopic (exact) mass is 561 g/mol. The number of aromatic nitrogens is 3. The fourth-order valence-electron chi connectivity index (χ4n) is 4.74. The van der Waals surface area contributed by atoms with E-state index in [4.69, 9.17) is 9.72 Å². The molecule has 11 heteroatoms. The Labute approximate surface area is 234 Å². The quantitative estimate of drug-likeness (QED) is 0.181. The molecule has 0 bridgehead atoms. The summed E-state index contributed by atoms with van der Waals surface area (Å²) in [5.74, 6) is 1.32. The molecule has 10 nitrogen and oxygen atoms in total. The Morgan fingerprint density at radius 1 is 1.02 bits per heavy atom. The summed E-state index contributed by atoms with van der Waals surface area (Å²) >= 11 is 0. The van der Waals surface area contributed by atoms with Crippen LogP contribution < -0.4 is 31.3 Å². The van der Waals surface area contributed by atoms with Gasteiger partial charge in [-0.1, -0.05) is 12.1 Å². The molecule has 0 unspecified atom stereocenters. The predicted octanol–water partition coefficient (Wildman–Crippen LogP) is 4.96. The van der Waals surface area contributed by atoms with Crippen molar-refractivity contribution in [3.63, 3.8) is 0 Å². The van der Waals surface area contributed by atoms with E-state index in [9.17, 15) is 9.36 Å². The molecule has 0 spiro atoms. The Morgan fingerprint density at radius 3 is 2.55 bits per heavy atom. The van der Waals surface area contributed by atoms with Gasteiger partial charge in [-0.25, -0.2) is 0 Å². The number of anilines is 4. The smallest absolute Gasteiger partial charge is 0.251 e. The number of hydrogen-bond donors (Lipinski definition) is 5. The van der Waals surface area contributed by atoms with E-state index < -0.39 is 7.14 Å². The second kappa shape index (κ2) is 11.7. The fraction of sp³-hybridized carbons (Fsp3) is 0.345. The Balaban J connectivity index is 1.45. The van der Waals surface area contributed by atoms with Crippen LogP contribution in [0.25, 0.3) is 11.0 Å². The fourth-order valence-corrected chi connectivity index (χ4v) is 5.90. The highest BCUT2D eigenvalue weighted by atomic mass is 31.2. The van der Waals surface area contributed by atoms with E-state index in [1.165, 1.54) is 0 Å². The number of carbonyl (C=O) groups excluding carboxylic acids is 1. The van der Waals surface area contributed by atoms with Crippen molar-refractivity contribution < 1.29 is 14.1 Å². The summed E-state index contributed by atoms with van der Waals surface area (Å²) < 4.78 is 19.0. The minimum absolute atomic E-state index is 0.109. The first kappa shape index (κ1) is 27.7. The third-order valence-electron chi connectivity index (χ3n) is 6.68. The molecule has 1 fully saturated rings. The molecule has 1 aliphatic rings. The lowest BCUT2D eigenvalue weighted by atomic mass is 10.1. The molecule has 1 saturated heterocycles. The summed E-state index contributed by atoms with van der Waals surface area (Å²) in [6, 6.07) is 14.9. The van der Waals surface area contributed by atoms with E-state index in [1.807, 2.05) is 50.2 Å². The zero-order valence-corrected chi connectivity index (χ0v) is 24.1. The number of carbonyl (C=O) groups is 1. The van der Waals surface area contributed by atoms with Crippen LogP contribution in [-0.2, 0) is 4.57 Å². The Morgan fingerprint density at radius 2 is 1.80 bits per heavy atom. The van der Waals surface area contributed by atoms with Crippen LogP contribution in [0.4, 0.5) is 23.1 Å². The second-order valence-electron chi connectivity index (χ2n) is 10.6. The summed E-state index contributed by atoms with van der Waals surface area (Å²) in [6.07, 6.45) is 3.51. The molecule has 1 amide bonds. The number of hydrogen-bond acceptors (Lipinski definition) is 8. The van der Waals surface area contributed by atoms with Crippen LogP contribution in [0.15, 0.2) is 54.7 Å². The number of H-pyrrole nitrogens is 1. The molecule has 0 saturated carbocycles. The largest absolute Gasteiger partial charge is 0.489 e. The van der Waals surface area contributed by atoms with Crippen molar-refractivity contribution in [1.82, 2.24) is 25.6 Å². The van der Waals surface area contributed by atoms with Crippen LogP contribution in [0.3, 0.4) is 0 Å². The van der Waals surface area contributed by atoms with Crippen LogP contribution in [0.5, 0.6) is 5.75 Å². The summed E-state index contributed by atoms with van der Waals surface area (Å²) in [5, 5.41) is 14.6. The van der Waals surface area contributed by atoms with Gasteiger partial charge < -0.3 is 35.6 Å². The van der Waals surface area contributed by atoms with Gasteiger partial charge in [-0.05, 0) is 89.5 Å². The van der Waals surface area contributed by atoms with E-state index in [-0.39, 0.29) is 18.1 Å². The molecule has 40 heavy (non-hydrogen) atoms. The molecule has 0 aliphatic carbocycles. The number of ether oxygens (including phenoxy) is 1. The molecule has 5 N–H and O–H groups in total. The molecule has 1 aliphatic heterocycles. The topological polar surface area (TPSA) is 133 Å². The number of nitrogens with zero attached hydrogens (tertiary/aromatic N) is 2. The van der Waals surface area contributed by atoms with Crippen LogP contribution >= 0.6 is 7.14 Å². The van der Waals surface area contributed by atoms with Crippen molar-refractivity contribution in [2.75, 3.05) is 37.1 Å². The van der Waals surface area contributed by atoms with E-state index in [2.05, 4.69) is 31.2 Å². The molecule has 4 aromatic rings. The third-order valence-corrected chi connectivity index (χ3v) is 8.23. The van der Waals surface area contributed by atoms with Gasteiger partial charge in [0.2, 0.25) is 5.95 Å². The van der Waals surface area contributed by atoms with Gasteiger partial charge in [0, 0.05) is 23.1 Å². The average molecular weight is 562 g/mol. The van der Waals surface area contributed by atoms with E-state index in [1.54, 1.807) is 31.7 Å². The van der Waals surface area contributed by atoms with Crippen LogP contribution in [0, 0.1) is 0 Å². The zero-order valence-electron chi connectivity index (χ0n) is 23.2. The molecule has 5 rings (SSSR count). The van der Waals surface area contributed by atoms with Gasteiger partial charge in [0.15, 0.2) is 0 Å². The molecule has 2 aromatic heterocycles. The highest BCUT2D eigenvalue weighted by molar-refractivity contribution is 7.70. The lowest BCUT2D eigenvalue weighted by Gasteiger charge is -2.24. The van der Waals surface area contributed by atoms with Gasteiger partial charge in [-0.3, -0.25) is 4.79 Å². The first-order valence-corrected chi connectivity index (χ1v) is 16.1. The lowest BCUT2D eigenvalue weighted by molar-refractivity contribution is 0.0929. The van der Waals surface area contributed by atoms with Gasteiger partial charge >= 0.3 is 0 Å². The summed E-state index contributed by atoms with van der Waals surface area (Å²) in [7, 11) is -2.53. The van der Waals surface area contributed by atoms with E-state index in [0.29, 0.717) is 34.4 Å². The molecule has 0 radical (unpaired) electrons. The van der Waals surface area contributed by atoms with E-state index >= 15 is 0 Å². The Bertz CT molecular complexity index is 1560. The zero-order chi connectivity index (χ0) is 28.3. The normalized spacial score (nSPS) is 14.3. The highest BCUT2D eigenvalue weighted by Crippen LogP contribution is 2.39. The first-order chi connectivity index (χ1) is 19.2. The number of para-hydroxylation sites is 1. The number of aromatic amines is 1.